The zero-order chi connectivity index (χ0) is 13.2. The van der Waals surface area contributed by atoms with E-state index < -0.39 is 0 Å². The molecule has 3 aromatic rings. The van der Waals surface area contributed by atoms with E-state index in [1.165, 1.54) is 0 Å². The Hall–Kier alpha value is -2.20. The molecule has 0 spiro atoms. The number of aromatic nitrogens is 3. The van der Waals surface area contributed by atoms with Gasteiger partial charge in [0.15, 0.2) is 11.9 Å². The number of hydrogen-bond acceptors (Lipinski definition) is 3. The summed E-state index contributed by atoms with van der Waals surface area (Å²) in [6, 6.07) is 12.9. The highest BCUT2D eigenvalue weighted by Crippen LogP contribution is 2.15. The fourth-order valence-corrected chi connectivity index (χ4v) is 2.28. The van der Waals surface area contributed by atoms with Crippen LogP contribution in [0.2, 0.25) is 5.02 Å². The van der Waals surface area contributed by atoms with Crippen LogP contribution in [0.1, 0.15) is 21.9 Å². The van der Waals surface area contributed by atoms with Crippen molar-refractivity contribution < 1.29 is 4.79 Å². The van der Waals surface area contributed by atoms with Gasteiger partial charge >= 0.3 is 0 Å². The van der Waals surface area contributed by atoms with Crippen LogP contribution < -0.4 is 0 Å². The molecule has 0 saturated heterocycles. The summed E-state index contributed by atoms with van der Waals surface area (Å²) in [7, 11) is 0. The Morgan fingerprint density at radius 1 is 1.16 bits per heavy atom. The standard InChI is InChI=1S/C14H10ClN3O/c15-11-4-1-3-10(7-11)8-14-17-16-13-6-2-5-12(9-19)18(13)14/h1-7,9H,8H2. The minimum absolute atomic E-state index is 0.541. The van der Waals surface area contributed by atoms with Crippen LogP contribution in [0.4, 0.5) is 0 Å². The predicted octanol–water partition coefficient (Wildman–Crippen LogP) is 2.79. The average Bonchev–Trinajstić information content (AvgIpc) is 2.82. The van der Waals surface area contributed by atoms with Crippen molar-refractivity contribution in [3.05, 3.63) is 64.6 Å². The van der Waals surface area contributed by atoms with Crippen molar-refractivity contribution in [1.29, 1.82) is 0 Å². The Labute approximate surface area is 114 Å². The van der Waals surface area contributed by atoms with E-state index in [-0.39, 0.29) is 0 Å². The van der Waals surface area contributed by atoms with Gasteiger partial charge in [-0.3, -0.25) is 9.20 Å². The van der Waals surface area contributed by atoms with Gasteiger partial charge in [0.25, 0.3) is 0 Å². The number of halogens is 1. The molecule has 0 fully saturated rings. The molecular formula is C14H10ClN3O. The largest absolute Gasteiger partial charge is 0.296 e. The zero-order valence-electron chi connectivity index (χ0n) is 9.95. The van der Waals surface area contributed by atoms with Crippen LogP contribution in [0.5, 0.6) is 0 Å². The predicted molar refractivity (Wildman–Crippen MR) is 72.6 cm³/mol. The Bertz CT molecular complexity index is 751. The number of rotatable bonds is 3. The maximum Gasteiger partial charge on any atom is 0.166 e. The van der Waals surface area contributed by atoms with Gasteiger partial charge in [-0.2, -0.15) is 0 Å². The first kappa shape index (κ1) is 11.9. The molecule has 94 valence electrons. The van der Waals surface area contributed by atoms with Gasteiger partial charge in [-0.1, -0.05) is 29.8 Å². The third kappa shape index (κ3) is 2.22. The van der Waals surface area contributed by atoms with Gasteiger partial charge in [-0.25, -0.2) is 0 Å². The van der Waals surface area contributed by atoms with E-state index in [0.717, 1.165) is 17.7 Å². The van der Waals surface area contributed by atoms with Crippen molar-refractivity contribution in [2.24, 2.45) is 0 Å². The van der Waals surface area contributed by atoms with E-state index in [1.54, 1.807) is 16.5 Å². The number of pyridine rings is 1. The number of aldehydes is 1. The molecular weight excluding hydrogens is 262 g/mol. The van der Waals surface area contributed by atoms with Gasteiger partial charge in [0, 0.05) is 11.4 Å². The van der Waals surface area contributed by atoms with Crippen molar-refractivity contribution in [1.82, 2.24) is 14.6 Å². The van der Waals surface area contributed by atoms with Crippen LogP contribution in [-0.4, -0.2) is 20.9 Å². The Balaban J connectivity index is 2.08. The normalized spacial score (nSPS) is 10.8. The lowest BCUT2D eigenvalue weighted by Crippen LogP contribution is -2.01. The lowest BCUT2D eigenvalue weighted by molar-refractivity contribution is 0.111. The smallest absolute Gasteiger partial charge is 0.166 e. The molecule has 0 aliphatic carbocycles. The molecule has 4 nitrogen and oxygen atoms in total. The first-order valence-electron chi connectivity index (χ1n) is 5.80. The van der Waals surface area contributed by atoms with Gasteiger partial charge < -0.3 is 0 Å². The van der Waals surface area contributed by atoms with Crippen LogP contribution in [0.3, 0.4) is 0 Å². The van der Waals surface area contributed by atoms with E-state index in [9.17, 15) is 4.79 Å². The molecule has 0 amide bonds. The number of fused-ring (bicyclic) bond motifs is 1. The summed E-state index contributed by atoms with van der Waals surface area (Å²) in [4.78, 5) is 11.1. The van der Waals surface area contributed by atoms with Crippen LogP contribution in [0.15, 0.2) is 42.5 Å². The second-order valence-electron chi connectivity index (χ2n) is 4.19. The number of benzene rings is 1. The zero-order valence-corrected chi connectivity index (χ0v) is 10.7. The molecule has 0 unspecified atom stereocenters. The van der Waals surface area contributed by atoms with E-state index in [2.05, 4.69) is 10.2 Å². The molecule has 3 rings (SSSR count). The maximum absolute atomic E-state index is 11.1. The molecule has 0 bridgehead atoms. The van der Waals surface area contributed by atoms with Gasteiger partial charge in [0.2, 0.25) is 0 Å². The van der Waals surface area contributed by atoms with Gasteiger partial charge in [0.1, 0.15) is 5.82 Å². The lowest BCUT2D eigenvalue weighted by atomic mass is 10.1. The SMILES string of the molecule is O=Cc1cccc2nnc(Cc3cccc(Cl)c3)n12. The summed E-state index contributed by atoms with van der Waals surface area (Å²) in [6.07, 6.45) is 1.38. The van der Waals surface area contributed by atoms with Crippen molar-refractivity contribution in [2.75, 3.05) is 0 Å². The summed E-state index contributed by atoms with van der Waals surface area (Å²) >= 11 is 5.96. The Kier molecular flexibility index (Phi) is 3.01. The molecule has 1 aromatic carbocycles. The van der Waals surface area contributed by atoms with E-state index in [4.69, 9.17) is 11.6 Å². The minimum atomic E-state index is 0.541. The van der Waals surface area contributed by atoms with E-state index >= 15 is 0 Å². The summed E-state index contributed by atoms with van der Waals surface area (Å²) in [6.45, 7) is 0. The van der Waals surface area contributed by atoms with Crippen molar-refractivity contribution in [2.45, 2.75) is 6.42 Å². The van der Waals surface area contributed by atoms with Crippen LogP contribution in [-0.2, 0) is 6.42 Å². The summed E-state index contributed by atoms with van der Waals surface area (Å²) in [5.74, 6) is 0.722. The highest BCUT2D eigenvalue weighted by molar-refractivity contribution is 6.30. The molecule has 2 heterocycles. The fraction of sp³-hybridized carbons (Fsp3) is 0.0714. The number of hydrogen-bond donors (Lipinski definition) is 0. The molecule has 2 aromatic heterocycles. The minimum Gasteiger partial charge on any atom is -0.296 e. The molecule has 0 aliphatic rings. The molecule has 0 aliphatic heterocycles. The topological polar surface area (TPSA) is 47.3 Å². The van der Waals surface area contributed by atoms with Crippen molar-refractivity contribution in [3.8, 4) is 0 Å². The maximum atomic E-state index is 11.1. The Morgan fingerprint density at radius 2 is 2.00 bits per heavy atom. The van der Waals surface area contributed by atoms with E-state index in [0.29, 0.717) is 22.8 Å². The fourth-order valence-electron chi connectivity index (χ4n) is 2.06. The summed E-state index contributed by atoms with van der Waals surface area (Å²) < 4.78 is 1.76. The van der Waals surface area contributed by atoms with Crippen molar-refractivity contribution in [3.63, 3.8) is 0 Å². The first-order chi connectivity index (χ1) is 9.28. The molecule has 0 saturated carbocycles. The van der Waals surface area contributed by atoms with E-state index in [1.807, 2.05) is 30.3 Å². The van der Waals surface area contributed by atoms with Gasteiger partial charge in [-0.15, -0.1) is 10.2 Å². The molecule has 0 radical (unpaired) electrons. The lowest BCUT2D eigenvalue weighted by Gasteiger charge is -2.03. The van der Waals surface area contributed by atoms with Gasteiger partial charge in [0.05, 0.1) is 5.69 Å². The quantitative estimate of drug-likeness (QED) is 0.688. The number of carbonyl (C=O) groups is 1. The third-order valence-corrected chi connectivity index (χ3v) is 3.13. The highest BCUT2D eigenvalue weighted by atomic mass is 35.5. The summed E-state index contributed by atoms with van der Waals surface area (Å²) in [5.41, 5.74) is 2.24. The second-order valence-corrected chi connectivity index (χ2v) is 4.62. The highest BCUT2D eigenvalue weighted by Gasteiger charge is 2.09. The molecule has 0 atom stereocenters. The molecule has 0 N–H and O–H groups in total. The van der Waals surface area contributed by atoms with Crippen LogP contribution in [0, 0.1) is 0 Å². The number of carbonyl (C=O) groups excluding carboxylic acids is 1. The van der Waals surface area contributed by atoms with Crippen LogP contribution in [0.25, 0.3) is 5.65 Å². The van der Waals surface area contributed by atoms with Crippen LogP contribution >= 0.6 is 11.6 Å². The monoisotopic (exact) mass is 271 g/mol. The second kappa shape index (κ2) is 4.82. The Morgan fingerprint density at radius 3 is 2.79 bits per heavy atom. The third-order valence-electron chi connectivity index (χ3n) is 2.90. The van der Waals surface area contributed by atoms with Gasteiger partial charge in [-0.05, 0) is 29.8 Å². The number of nitrogens with zero attached hydrogens (tertiary/aromatic N) is 3. The molecule has 5 heteroatoms. The first-order valence-corrected chi connectivity index (χ1v) is 6.18. The molecule has 19 heavy (non-hydrogen) atoms. The van der Waals surface area contributed by atoms with Crippen molar-refractivity contribution >= 4 is 23.5 Å². The average molecular weight is 272 g/mol. The summed E-state index contributed by atoms with van der Waals surface area (Å²) in [5, 5.41) is 8.89.